The molecule has 0 saturated carbocycles. The molecule has 2 aromatic rings. The molecule has 3 rings (SSSR count). The van der Waals surface area contributed by atoms with Gasteiger partial charge in [-0.15, -0.1) is 0 Å². The number of unbranched alkanes of at least 4 members (excludes halogenated alkanes) is 1. The number of halogens is 1. The van der Waals surface area contributed by atoms with Crippen molar-refractivity contribution < 1.29 is 4.39 Å². The summed E-state index contributed by atoms with van der Waals surface area (Å²) in [5, 5.41) is 0. The summed E-state index contributed by atoms with van der Waals surface area (Å²) in [5.74, 6) is 5.91. The first-order chi connectivity index (χ1) is 14.5. The number of allylic oxidation sites excluding steroid dienone is 6. The standard InChI is InChI=1S/C29H29F/c1-5-7-8-24-17-26-15-16-27(20-28(26)18-24)25(6-2)14-10-21(3)9-12-23-13-11-22(4)29(30)19-23/h6,10-11,13-17,19-20H,2,5,7-8,18H2,1,3-4H3/b21-10+,25-14+. The zero-order valence-electron chi connectivity index (χ0n) is 18.2. The van der Waals surface area contributed by atoms with Crippen LogP contribution in [0.3, 0.4) is 0 Å². The molecule has 2 aromatic carbocycles. The van der Waals surface area contributed by atoms with Gasteiger partial charge in [0.25, 0.3) is 0 Å². The van der Waals surface area contributed by atoms with Gasteiger partial charge in [0, 0.05) is 5.56 Å². The highest BCUT2D eigenvalue weighted by Crippen LogP contribution is 2.30. The number of benzene rings is 2. The van der Waals surface area contributed by atoms with Crippen LogP contribution >= 0.6 is 0 Å². The summed E-state index contributed by atoms with van der Waals surface area (Å²) in [6.07, 6.45) is 13.0. The van der Waals surface area contributed by atoms with Crippen molar-refractivity contribution in [2.45, 2.75) is 46.5 Å². The minimum atomic E-state index is -0.221. The van der Waals surface area contributed by atoms with Crippen molar-refractivity contribution in [1.29, 1.82) is 0 Å². The summed E-state index contributed by atoms with van der Waals surface area (Å²) in [6, 6.07) is 11.7. The average molecular weight is 397 g/mol. The highest BCUT2D eigenvalue weighted by molar-refractivity contribution is 5.77. The molecule has 0 heterocycles. The lowest BCUT2D eigenvalue weighted by Gasteiger charge is -2.06. The van der Waals surface area contributed by atoms with Gasteiger partial charge in [-0.1, -0.05) is 85.9 Å². The summed E-state index contributed by atoms with van der Waals surface area (Å²) in [7, 11) is 0. The largest absolute Gasteiger partial charge is 0.207 e. The summed E-state index contributed by atoms with van der Waals surface area (Å²) in [4.78, 5) is 0. The van der Waals surface area contributed by atoms with Gasteiger partial charge in [0.15, 0.2) is 0 Å². The molecule has 0 aromatic heterocycles. The van der Waals surface area contributed by atoms with Crippen molar-refractivity contribution in [3.63, 3.8) is 0 Å². The lowest BCUT2D eigenvalue weighted by atomic mass is 9.99. The molecule has 0 spiro atoms. The smallest absolute Gasteiger partial charge is 0.127 e. The molecular formula is C29H29F. The molecule has 0 saturated heterocycles. The van der Waals surface area contributed by atoms with Crippen LogP contribution in [-0.4, -0.2) is 0 Å². The lowest BCUT2D eigenvalue weighted by Crippen LogP contribution is -1.89. The molecule has 0 radical (unpaired) electrons. The molecule has 1 heteroatoms. The van der Waals surface area contributed by atoms with E-state index in [1.807, 2.05) is 25.1 Å². The Balaban J connectivity index is 1.75. The molecule has 0 fully saturated rings. The number of aryl methyl sites for hydroxylation is 1. The maximum absolute atomic E-state index is 13.7. The Labute approximate surface area is 180 Å². The Hall–Kier alpha value is -3.11. The lowest BCUT2D eigenvalue weighted by molar-refractivity contribution is 0.618. The quantitative estimate of drug-likeness (QED) is 0.345. The van der Waals surface area contributed by atoms with Crippen LogP contribution in [0.1, 0.15) is 60.9 Å². The average Bonchev–Trinajstić information content (AvgIpc) is 3.15. The van der Waals surface area contributed by atoms with Gasteiger partial charge in [0.05, 0.1) is 0 Å². The van der Waals surface area contributed by atoms with Crippen LogP contribution in [-0.2, 0) is 6.42 Å². The predicted octanol–water partition coefficient (Wildman–Crippen LogP) is 7.83. The fourth-order valence-corrected chi connectivity index (χ4v) is 3.54. The summed E-state index contributed by atoms with van der Waals surface area (Å²) in [6.45, 7) is 9.93. The van der Waals surface area contributed by atoms with Crippen LogP contribution in [0.2, 0.25) is 0 Å². The van der Waals surface area contributed by atoms with Crippen molar-refractivity contribution in [3.05, 3.63) is 106 Å². The highest BCUT2D eigenvalue weighted by atomic mass is 19.1. The van der Waals surface area contributed by atoms with Crippen molar-refractivity contribution >= 4 is 11.6 Å². The van der Waals surface area contributed by atoms with Gasteiger partial charge in [0.2, 0.25) is 0 Å². The van der Waals surface area contributed by atoms with E-state index in [4.69, 9.17) is 0 Å². The first kappa shape index (κ1) is 21.6. The van der Waals surface area contributed by atoms with Crippen LogP contribution in [0.15, 0.2) is 72.4 Å². The fourth-order valence-electron chi connectivity index (χ4n) is 3.54. The van der Waals surface area contributed by atoms with Crippen molar-refractivity contribution in [2.24, 2.45) is 0 Å². The first-order valence-corrected chi connectivity index (χ1v) is 10.6. The number of rotatable bonds is 6. The molecule has 0 aliphatic heterocycles. The maximum atomic E-state index is 13.7. The van der Waals surface area contributed by atoms with Crippen molar-refractivity contribution in [2.75, 3.05) is 0 Å². The van der Waals surface area contributed by atoms with E-state index in [9.17, 15) is 4.39 Å². The Morgan fingerprint density at radius 3 is 2.73 bits per heavy atom. The Morgan fingerprint density at radius 1 is 1.17 bits per heavy atom. The van der Waals surface area contributed by atoms with Crippen LogP contribution in [0, 0.1) is 24.6 Å². The van der Waals surface area contributed by atoms with Gasteiger partial charge >= 0.3 is 0 Å². The Morgan fingerprint density at radius 2 is 2.00 bits per heavy atom. The van der Waals surface area contributed by atoms with E-state index in [2.05, 4.69) is 55.7 Å². The number of hydrogen-bond acceptors (Lipinski definition) is 0. The summed E-state index contributed by atoms with van der Waals surface area (Å²) in [5.41, 5.74) is 8.75. The van der Waals surface area contributed by atoms with Crippen LogP contribution < -0.4 is 0 Å². The first-order valence-electron chi connectivity index (χ1n) is 10.6. The van der Waals surface area contributed by atoms with E-state index < -0.39 is 0 Å². The van der Waals surface area contributed by atoms with E-state index in [1.54, 1.807) is 13.0 Å². The minimum Gasteiger partial charge on any atom is -0.207 e. The SMILES string of the molecule is C=C/C(=C\C=C(/C)C#Cc1ccc(C)c(F)c1)c1ccc2c(c1)CC(CCCC)=C2. The van der Waals surface area contributed by atoms with E-state index in [1.165, 1.54) is 47.6 Å². The summed E-state index contributed by atoms with van der Waals surface area (Å²) >= 11 is 0. The zero-order valence-corrected chi connectivity index (χ0v) is 18.2. The van der Waals surface area contributed by atoms with Crippen molar-refractivity contribution in [1.82, 2.24) is 0 Å². The van der Waals surface area contributed by atoms with E-state index >= 15 is 0 Å². The van der Waals surface area contributed by atoms with Gasteiger partial charge in [-0.2, -0.15) is 0 Å². The van der Waals surface area contributed by atoms with E-state index in [-0.39, 0.29) is 5.82 Å². The molecule has 152 valence electrons. The third-order valence-electron chi connectivity index (χ3n) is 5.41. The van der Waals surface area contributed by atoms with Gasteiger partial charge in [-0.3, -0.25) is 0 Å². The third kappa shape index (κ3) is 5.49. The Kier molecular flexibility index (Phi) is 7.26. The molecule has 0 atom stereocenters. The minimum absolute atomic E-state index is 0.221. The topological polar surface area (TPSA) is 0 Å². The van der Waals surface area contributed by atoms with Crippen LogP contribution in [0.25, 0.3) is 11.6 Å². The molecule has 0 unspecified atom stereocenters. The second kappa shape index (κ2) is 10.1. The Bertz CT molecular complexity index is 1100. The van der Waals surface area contributed by atoms with E-state index in [0.717, 1.165) is 17.6 Å². The molecule has 1 aliphatic rings. The summed E-state index contributed by atoms with van der Waals surface area (Å²) < 4.78 is 13.7. The third-order valence-corrected chi connectivity index (χ3v) is 5.41. The van der Waals surface area contributed by atoms with Crippen LogP contribution in [0.4, 0.5) is 4.39 Å². The molecule has 1 aliphatic carbocycles. The van der Waals surface area contributed by atoms with Crippen LogP contribution in [0.5, 0.6) is 0 Å². The molecule has 0 amide bonds. The fraction of sp³-hybridized carbons (Fsp3) is 0.241. The molecule has 0 nitrogen and oxygen atoms in total. The van der Waals surface area contributed by atoms with Gasteiger partial charge < -0.3 is 0 Å². The monoisotopic (exact) mass is 396 g/mol. The molecule has 30 heavy (non-hydrogen) atoms. The van der Waals surface area contributed by atoms with Gasteiger partial charge in [-0.25, -0.2) is 4.39 Å². The zero-order chi connectivity index (χ0) is 21.5. The number of fused-ring (bicyclic) bond motifs is 1. The van der Waals surface area contributed by atoms with Crippen molar-refractivity contribution in [3.8, 4) is 11.8 Å². The molecule has 0 N–H and O–H groups in total. The second-order valence-electron chi connectivity index (χ2n) is 7.89. The maximum Gasteiger partial charge on any atom is 0.127 e. The van der Waals surface area contributed by atoms with Gasteiger partial charge in [-0.05, 0) is 78.6 Å². The van der Waals surface area contributed by atoms with E-state index in [0.29, 0.717) is 11.1 Å². The molecular weight excluding hydrogens is 367 g/mol. The molecule has 0 bridgehead atoms. The van der Waals surface area contributed by atoms with Gasteiger partial charge in [0.1, 0.15) is 5.82 Å². The predicted molar refractivity (Wildman–Crippen MR) is 128 cm³/mol. The normalized spacial score (nSPS) is 13.4. The second-order valence-corrected chi connectivity index (χ2v) is 7.89. The highest BCUT2D eigenvalue weighted by Gasteiger charge is 2.13. The number of hydrogen-bond donors (Lipinski definition) is 0.